The summed E-state index contributed by atoms with van der Waals surface area (Å²) in [5.41, 5.74) is 2.91. The lowest BCUT2D eigenvalue weighted by molar-refractivity contribution is 0.0964. The molecule has 0 unspecified atom stereocenters. The number of benzene rings is 1. The molecule has 0 saturated heterocycles. The maximum atomic E-state index is 11.6. The fourth-order valence-electron chi connectivity index (χ4n) is 1.77. The lowest BCUT2D eigenvalue weighted by Crippen LogP contribution is -2.19. The number of carbonyl (C=O) groups is 1. The number of amides is 1. The van der Waals surface area contributed by atoms with Crippen LogP contribution in [0.15, 0.2) is 18.2 Å². The number of rotatable bonds is 3. The summed E-state index contributed by atoms with van der Waals surface area (Å²) in [6, 6.07) is 6.09. The summed E-state index contributed by atoms with van der Waals surface area (Å²) >= 11 is 0. The molecule has 1 aliphatic carbocycles. The first kappa shape index (κ1) is 10.0. The Hall–Kier alpha value is -1.51. The molecule has 3 heteroatoms. The number of anilines is 1. The minimum Gasteiger partial charge on any atom is -0.387 e. The van der Waals surface area contributed by atoms with Crippen molar-refractivity contribution in [1.82, 2.24) is 5.32 Å². The maximum Gasteiger partial charge on any atom is 0.253 e. The maximum absolute atomic E-state index is 11.6. The summed E-state index contributed by atoms with van der Waals surface area (Å²) in [4.78, 5) is 11.6. The van der Waals surface area contributed by atoms with Crippen LogP contribution in [-0.2, 0) is 0 Å². The van der Waals surface area contributed by atoms with E-state index in [2.05, 4.69) is 16.7 Å². The molecular formula is C12H16N2O. The van der Waals surface area contributed by atoms with Crippen molar-refractivity contribution in [3.05, 3.63) is 29.3 Å². The van der Waals surface area contributed by atoms with Crippen molar-refractivity contribution < 1.29 is 4.79 Å². The van der Waals surface area contributed by atoms with Gasteiger partial charge in [0.25, 0.3) is 5.91 Å². The number of nitrogens with one attached hydrogen (secondary N) is 2. The van der Waals surface area contributed by atoms with Crippen molar-refractivity contribution in [1.29, 1.82) is 0 Å². The van der Waals surface area contributed by atoms with E-state index in [4.69, 9.17) is 0 Å². The predicted octanol–water partition coefficient (Wildman–Crippen LogP) is 1.97. The van der Waals surface area contributed by atoms with Crippen molar-refractivity contribution in [2.75, 3.05) is 19.4 Å². The summed E-state index contributed by atoms with van der Waals surface area (Å²) in [6.07, 6.45) is 2.51. The highest BCUT2D eigenvalue weighted by Gasteiger charge is 2.24. The molecule has 0 bridgehead atoms. The van der Waals surface area contributed by atoms with Gasteiger partial charge in [-0.3, -0.25) is 4.79 Å². The van der Waals surface area contributed by atoms with Gasteiger partial charge in [-0.05, 0) is 36.5 Å². The molecule has 15 heavy (non-hydrogen) atoms. The average Bonchev–Trinajstić information content (AvgIpc) is 3.11. The zero-order valence-electron chi connectivity index (χ0n) is 9.13. The SMILES string of the molecule is CNC(=O)c1cc(C2CC2)ccc1NC. The highest BCUT2D eigenvalue weighted by atomic mass is 16.1. The molecule has 3 nitrogen and oxygen atoms in total. The van der Waals surface area contributed by atoms with Gasteiger partial charge in [-0.1, -0.05) is 6.07 Å². The zero-order chi connectivity index (χ0) is 10.8. The normalized spacial score (nSPS) is 14.8. The molecule has 1 saturated carbocycles. The topological polar surface area (TPSA) is 41.1 Å². The van der Waals surface area contributed by atoms with Crippen LogP contribution in [0.25, 0.3) is 0 Å². The molecule has 1 fully saturated rings. The van der Waals surface area contributed by atoms with E-state index in [-0.39, 0.29) is 5.91 Å². The monoisotopic (exact) mass is 204 g/mol. The first-order chi connectivity index (χ1) is 7.26. The molecule has 0 radical (unpaired) electrons. The molecule has 2 N–H and O–H groups in total. The highest BCUT2D eigenvalue weighted by Crippen LogP contribution is 2.40. The van der Waals surface area contributed by atoms with E-state index >= 15 is 0 Å². The van der Waals surface area contributed by atoms with Gasteiger partial charge in [-0.2, -0.15) is 0 Å². The number of carbonyl (C=O) groups excluding carboxylic acids is 1. The second-order valence-electron chi connectivity index (χ2n) is 3.91. The van der Waals surface area contributed by atoms with Crippen LogP contribution in [0.5, 0.6) is 0 Å². The van der Waals surface area contributed by atoms with E-state index in [0.717, 1.165) is 11.3 Å². The van der Waals surface area contributed by atoms with Crippen LogP contribution in [0.4, 0.5) is 5.69 Å². The van der Waals surface area contributed by atoms with Gasteiger partial charge in [0.2, 0.25) is 0 Å². The Morgan fingerprint density at radius 3 is 2.60 bits per heavy atom. The largest absolute Gasteiger partial charge is 0.387 e. The lowest BCUT2D eigenvalue weighted by atomic mass is 10.0. The third-order valence-corrected chi connectivity index (χ3v) is 2.83. The van der Waals surface area contributed by atoms with Crippen LogP contribution in [-0.4, -0.2) is 20.0 Å². The molecule has 0 aromatic heterocycles. The van der Waals surface area contributed by atoms with E-state index in [9.17, 15) is 4.79 Å². The Kier molecular flexibility index (Phi) is 2.62. The quantitative estimate of drug-likeness (QED) is 0.790. The third kappa shape index (κ3) is 1.96. The molecule has 0 atom stereocenters. The molecule has 2 rings (SSSR count). The van der Waals surface area contributed by atoms with Gasteiger partial charge in [0, 0.05) is 19.8 Å². The number of hydrogen-bond acceptors (Lipinski definition) is 2. The Labute approximate surface area is 89.9 Å². The van der Waals surface area contributed by atoms with Gasteiger partial charge >= 0.3 is 0 Å². The average molecular weight is 204 g/mol. The van der Waals surface area contributed by atoms with E-state index in [1.165, 1.54) is 18.4 Å². The van der Waals surface area contributed by atoms with Crippen LogP contribution in [0, 0.1) is 0 Å². The fraction of sp³-hybridized carbons (Fsp3) is 0.417. The third-order valence-electron chi connectivity index (χ3n) is 2.83. The van der Waals surface area contributed by atoms with Crippen molar-refractivity contribution in [3.8, 4) is 0 Å². The van der Waals surface area contributed by atoms with E-state index in [1.54, 1.807) is 7.05 Å². The van der Waals surface area contributed by atoms with Crippen molar-refractivity contribution in [3.63, 3.8) is 0 Å². The molecule has 80 valence electrons. The molecular weight excluding hydrogens is 188 g/mol. The lowest BCUT2D eigenvalue weighted by Gasteiger charge is -2.09. The molecule has 1 aromatic rings. The summed E-state index contributed by atoms with van der Waals surface area (Å²) < 4.78 is 0. The van der Waals surface area contributed by atoms with Crippen LogP contribution < -0.4 is 10.6 Å². The number of hydrogen-bond donors (Lipinski definition) is 2. The van der Waals surface area contributed by atoms with Crippen molar-refractivity contribution in [2.24, 2.45) is 0 Å². The van der Waals surface area contributed by atoms with Gasteiger partial charge in [-0.15, -0.1) is 0 Å². The zero-order valence-corrected chi connectivity index (χ0v) is 9.13. The Balaban J connectivity index is 2.37. The van der Waals surface area contributed by atoms with Gasteiger partial charge in [-0.25, -0.2) is 0 Å². The second-order valence-corrected chi connectivity index (χ2v) is 3.91. The Bertz CT molecular complexity index is 383. The van der Waals surface area contributed by atoms with Gasteiger partial charge in [0.1, 0.15) is 0 Å². The van der Waals surface area contributed by atoms with Gasteiger partial charge < -0.3 is 10.6 Å². The predicted molar refractivity (Wildman–Crippen MR) is 61.4 cm³/mol. The standard InChI is InChI=1S/C12H16N2O/c1-13-11-6-5-9(8-3-4-8)7-10(11)12(15)14-2/h5-8,13H,3-4H2,1-2H3,(H,14,15). The van der Waals surface area contributed by atoms with Crippen molar-refractivity contribution in [2.45, 2.75) is 18.8 Å². The molecule has 0 spiro atoms. The smallest absolute Gasteiger partial charge is 0.253 e. The van der Waals surface area contributed by atoms with E-state index in [0.29, 0.717) is 5.92 Å². The van der Waals surface area contributed by atoms with Crippen LogP contribution >= 0.6 is 0 Å². The summed E-state index contributed by atoms with van der Waals surface area (Å²) in [7, 11) is 3.49. The van der Waals surface area contributed by atoms with E-state index < -0.39 is 0 Å². The minimum absolute atomic E-state index is 0.0261. The van der Waals surface area contributed by atoms with Crippen molar-refractivity contribution >= 4 is 11.6 Å². The van der Waals surface area contributed by atoms with Crippen LogP contribution in [0.2, 0.25) is 0 Å². The second kappa shape index (κ2) is 3.93. The van der Waals surface area contributed by atoms with Crippen LogP contribution in [0.1, 0.15) is 34.7 Å². The summed E-state index contributed by atoms with van der Waals surface area (Å²) in [5.74, 6) is 0.654. The highest BCUT2D eigenvalue weighted by molar-refractivity contribution is 5.99. The van der Waals surface area contributed by atoms with E-state index in [1.807, 2.05) is 19.2 Å². The molecule has 1 aromatic carbocycles. The summed E-state index contributed by atoms with van der Waals surface area (Å²) in [5, 5.41) is 5.70. The molecule has 0 aliphatic heterocycles. The van der Waals surface area contributed by atoms with Gasteiger partial charge in [0.05, 0.1) is 5.56 Å². The van der Waals surface area contributed by atoms with Crippen LogP contribution in [0.3, 0.4) is 0 Å². The summed E-state index contributed by atoms with van der Waals surface area (Å²) in [6.45, 7) is 0. The molecule has 1 aliphatic rings. The Morgan fingerprint density at radius 1 is 1.33 bits per heavy atom. The van der Waals surface area contributed by atoms with Gasteiger partial charge in [0.15, 0.2) is 0 Å². The molecule has 1 amide bonds. The Morgan fingerprint density at radius 2 is 2.07 bits per heavy atom. The minimum atomic E-state index is -0.0261. The first-order valence-electron chi connectivity index (χ1n) is 5.30. The first-order valence-corrected chi connectivity index (χ1v) is 5.30. The fourth-order valence-corrected chi connectivity index (χ4v) is 1.77. The molecule has 0 heterocycles.